The number of fused-ring (bicyclic) bond motifs is 1. The van der Waals surface area contributed by atoms with Crippen molar-refractivity contribution in [1.29, 1.82) is 0 Å². The van der Waals surface area contributed by atoms with Gasteiger partial charge in [-0.25, -0.2) is 5.43 Å². The molecule has 0 radical (unpaired) electrons. The Balaban J connectivity index is 2.02. The van der Waals surface area contributed by atoms with Gasteiger partial charge in [-0.05, 0) is 26.0 Å². The molecule has 0 aliphatic carbocycles. The summed E-state index contributed by atoms with van der Waals surface area (Å²) in [5, 5.41) is 4.16. The Morgan fingerprint density at radius 3 is 2.77 bits per heavy atom. The van der Waals surface area contributed by atoms with E-state index in [9.17, 15) is 9.59 Å². The summed E-state index contributed by atoms with van der Waals surface area (Å²) >= 11 is 0. The lowest BCUT2D eigenvalue weighted by Gasteiger charge is -2.37. The van der Waals surface area contributed by atoms with Crippen molar-refractivity contribution in [2.24, 2.45) is 11.0 Å². The number of hydrogen-bond donors (Lipinski definition) is 1. The molecule has 0 bridgehead atoms. The second-order valence-corrected chi connectivity index (χ2v) is 6.30. The Morgan fingerprint density at radius 2 is 2.09 bits per heavy atom. The molecule has 0 aromatic heterocycles. The number of hydrazone groups is 1. The van der Waals surface area contributed by atoms with Crippen molar-refractivity contribution in [1.82, 2.24) is 5.43 Å². The second kappa shape index (κ2) is 4.83. The van der Waals surface area contributed by atoms with Crippen molar-refractivity contribution in [2.75, 3.05) is 11.9 Å². The first-order valence-electron chi connectivity index (χ1n) is 7.27. The molecule has 22 heavy (non-hydrogen) atoms. The van der Waals surface area contributed by atoms with E-state index in [2.05, 4.69) is 10.5 Å². The van der Waals surface area contributed by atoms with E-state index in [1.807, 2.05) is 25.1 Å². The van der Waals surface area contributed by atoms with Crippen LogP contribution in [0.4, 0.5) is 5.69 Å². The number of rotatable bonds is 1. The third kappa shape index (κ3) is 2.24. The first kappa shape index (κ1) is 14.6. The third-order valence-corrected chi connectivity index (χ3v) is 4.06. The maximum absolute atomic E-state index is 12.2. The van der Waals surface area contributed by atoms with Gasteiger partial charge >= 0.3 is 0 Å². The number of ether oxygens (including phenoxy) is 1. The fraction of sp³-hybridized carbons (Fsp3) is 0.438. The van der Waals surface area contributed by atoms with Gasteiger partial charge in [0.2, 0.25) is 5.91 Å². The molecule has 6 nitrogen and oxygen atoms in total. The summed E-state index contributed by atoms with van der Waals surface area (Å²) in [4.78, 5) is 25.2. The quantitative estimate of drug-likeness (QED) is 0.858. The van der Waals surface area contributed by atoms with E-state index in [0.29, 0.717) is 12.2 Å². The Hall–Kier alpha value is -2.37. The van der Waals surface area contributed by atoms with Crippen molar-refractivity contribution in [3.05, 3.63) is 23.8 Å². The maximum atomic E-state index is 12.2. The number of carbonyl (C=O) groups excluding carboxylic acids is 2. The summed E-state index contributed by atoms with van der Waals surface area (Å²) in [7, 11) is 1.74. The van der Waals surface area contributed by atoms with E-state index >= 15 is 0 Å². The SMILES string of the molecule is CC1CC(=O)NN=C1c1ccc2c(c1)OC(C)(C)C(=O)N2C. The molecule has 2 aliphatic heterocycles. The minimum Gasteiger partial charge on any atom is -0.476 e. The van der Waals surface area contributed by atoms with E-state index < -0.39 is 5.60 Å². The van der Waals surface area contributed by atoms with E-state index in [0.717, 1.165) is 17.0 Å². The van der Waals surface area contributed by atoms with Gasteiger partial charge in [-0.1, -0.05) is 13.0 Å². The second-order valence-electron chi connectivity index (χ2n) is 6.30. The molecule has 6 heteroatoms. The monoisotopic (exact) mass is 301 g/mol. The van der Waals surface area contributed by atoms with Crippen LogP contribution < -0.4 is 15.1 Å². The topological polar surface area (TPSA) is 71.0 Å². The molecule has 116 valence electrons. The van der Waals surface area contributed by atoms with Crippen LogP contribution in [0.3, 0.4) is 0 Å². The highest BCUT2D eigenvalue weighted by molar-refractivity contribution is 6.07. The number of benzene rings is 1. The number of hydrogen-bond acceptors (Lipinski definition) is 4. The smallest absolute Gasteiger partial charge is 0.270 e. The van der Waals surface area contributed by atoms with E-state index in [-0.39, 0.29) is 17.7 Å². The molecule has 2 heterocycles. The largest absolute Gasteiger partial charge is 0.476 e. The van der Waals surface area contributed by atoms with Crippen LogP contribution in [0.2, 0.25) is 0 Å². The Kier molecular flexibility index (Phi) is 3.20. The summed E-state index contributed by atoms with van der Waals surface area (Å²) in [6.45, 7) is 5.47. The van der Waals surface area contributed by atoms with Gasteiger partial charge in [0.1, 0.15) is 5.75 Å². The summed E-state index contributed by atoms with van der Waals surface area (Å²) in [6.07, 6.45) is 0.417. The van der Waals surface area contributed by atoms with Crippen LogP contribution >= 0.6 is 0 Å². The molecule has 0 spiro atoms. The number of carbonyl (C=O) groups is 2. The molecule has 0 saturated heterocycles. The molecule has 1 aromatic rings. The molecular weight excluding hydrogens is 282 g/mol. The van der Waals surface area contributed by atoms with Gasteiger partial charge in [0, 0.05) is 24.9 Å². The average molecular weight is 301 g/mol. The molecule has 3 rings (SSSR count). The lowest BCUT2D eigenvalue weighted by Crippen LogP contribution is -2.50. The van der Waals surface area contributed by atoms with Crippen molar-refractivity contribution in [2.45, 2.75) is 32.8 Å². The van der Waals surface area contributed by atoms with Crippen molar-refractivity contribution < 1.29 is 14.3 Å². The fourth-order valence-electron chi connectivity index (χ4n) is 2.87. The van der Waals surface area contributed by atoms with Crippen molar-refractivity contribution in [3.8, 4) is 5.75 Å². The molecule has 1 N–H and O–H groups in total. The average Bonchev–Trinajstić information content (AvgIpc) is 2.44. The van der Waals surface area contributed by atoms with E-state index in [1.165, 1.54) is 0 Å². The molecule has 0 fully saturated rings. The van der Waals surface area contributed by atoms with Crippen LogP contribution in [0.25, 0.3) is 0 Å². The van der Waals surface area contributed by atoms with Gasteiger partial charge in [0.25, 0.3) is 5.91 Å². The van der Waals surface area contributed by atoms with Gasteiger partial charge < -0.3 is 9.64 Å². The number of anilines is 1. The molecule has 1 unspecified atom stereocenters. The van der Waals surface area contributed by atoms with Gasteiger partial charge in [-0.3, -0.25) is 9.59 Å². The summed E-state index contributed by atoms with van der Waals surface area (Å²) in [5.74, 6) is 0.541. The Labute approximate surface area is 129 Å². The number of nitrogens with one attached hydrogen (secondary N) is 1. The van der Waals surface area contributed by atoms with Gasteiger partial charge in [-0.15, -0.1) is 0 Å². The Bertz CT molecular complexity index is 694. The van der Waals surface area contributed by atoms with Gasteiger partial charge in [0.05, 0.1) is 11.4 Å². The van der Waals surface area contributed by atoms with Crippen molar-refractivity contribution >= 4 is 23.2 Å². The first-order valence-corrected chi connectivity index (χ1v) is 7.27. The Morgan fingerprint density at radius 1 is 1.36 bits per heavy atom. The zero-order valence-corrected chi connectivity index (χ0v) is 13.1. The fourth-order valence-corrected chi connectivity index (χ4v) is 2.87. The number of nitrogens with zero attached hydrogens (tertiary/aromatic N) is 2. The lowest BCUT2D eigenvalue weighted by molar-refractivity contribution is -0.132. The van der Waals surface area contributed by atoms with Crippen LogP contribution in [0, 0.1) is 5.92 Å². The number of amides is 2. The lowest BCUT2D eigenvalue weighted by atomic mass is 9.93. The standard InChI is InChI=1S/C16H19N3O3/c1-9-7-13(20)17-18-14(9)10-5-6-11-12(8-10)22-16(2,3)15(21)19(11)4/h5-6,8-9H,7H2,1-4H3,(H,17,20). The minimum atomic E-state index is -0.894. The maximum Gasteiger partial charge on any atom is 0.270 e. The van der Waals surface area contributed by atoms with Crippen LogP contribution in [0.15, 0.2) is 23.3 Å². The molecular formula is C16H19N3O3. The van der Waals surface area contributed by atoms with E-state index in [1.54, 1.807) is 25.8 Å². The normalized spacial score (nSPS) is 23.4. The van der Waals surface area contributed by atoms with Crippen LogP contribution in [-0.2, 0) is 9.59 Å². The highest BCUT2D eigenvalue weighted by Crippen LogP contribution is 2.38. The summed E-state index contributed by atoms with van der Waals surface area (Å²) < 4.78 is 5.86. The van der Waals surface area contributed by atoms with Crippen LogP contribution in [-0.4, -0.2) is 30.2 Å². The predicted molar refractivity (Wildman–Crippen MR) is 83.0 cm³/mol. The van der Waals surface area contributed by atoms with Gasteiger partial charge in [0.15, 0.2) is 5.60 Å². The predicted octanol–water partition coefficient (Wildman–Crippen LogP) is 1.68. The molecule has 1 aromatic carbocycles. The molecule has 2 amide bonds. The van der Waals surface area contributed by atoms with Crippen LogP contribution in [0.1, 0.15) is 32.8 Å². The van der Waals surface area contributed by atoms with Crippen LogP contribution in [0.5, 0.6) is 5.75 Å². The molecule has 0 saturated carbocycles. The summed E-state index contributed by atoms with van der Waals surface area (Å²) in [6, 6.07) is 5.63. The third-order valence-electron chi connectivity index (χ3n) is 4.06. The molecule has 1 atom stereocenters. The minimum absolute atomic E-state index is 0.0442. The molecule has 2 aliphatic rings. The summed E-state index contributed by atoms with van der Waals surface area (Å²) in [5.41, 5.74) is 4.08. The zero-order chi connectivity index (χ0) is 16.1. The zero-order valence-electron chi connectivity index (χ0n) is 13.1. The highest BCUT2D eigenvalue weighted by Gasteiger charge is 2.39. The van der Waals surface area contributed by atoms with Gasteiger partial charge in [-0.2, -0.15) is 5.10 Å². The van der Waals surface area contributed by atoms with Crippen molar-refractivity contribution in [3.63, 3.8) is 0 Å². The first-order chi connectivity index (χ1) is 10.3. The van der Waals surface area contributed by atoms with E-state index in [4.69, 9.17) is 4.74 Å². The number of likely N-dealkylation sites (N-methyl/N-ethyl adjacent to an activating group) is 1. The highest BCUT2D eigenvalue weighted by atomic mass is 16.5.